The van der Waals surface area contributed by atoms with Crippen molar-refractivity contribution in [1.82, 2.24) is 4.98 Å². The molecule has 1 aliphatic rings. The molecule has 1 atom stereocenters. The third-order valence-corrected chi connectivity index (χ3v) is 5.79. The number of hydrogen-bond acceptors (Lipinski definition) is 2. The van der Waals surface area contributed by atoms with Crippen molar-refractivity contribution in [2.45, 2.75) is 12.5 Å². The van der Waals surface area contributed by atoms with Crippen LogP contribution in [0.25, 0.3) is 17.0 Å². The summed E-state index contributed by atoms with van der Waals surface area (Å²) in [5, 5.41) is 12.8. The number of carbonyl (C=O) groups excluding carboxylic acids is 1. The highest BCUT2D eigenvalue weighted by atomic mass is 16.3. The average Bonchev–Trinajstić information content (AvgIpc) is 3.22. The highest BCUT2D eigenvalue weighted by Crippen LogP contribution is 2.47. The molecule has 30 heavy (non-hydrogen) atoms. The van der Waals surface area contributed by atoms with Gasteiger partial charge >= 0.3 is 0 Å². The number of nitrogens with zero attached hydrogens (tertiary/aromatic N) is 1. The maximum atomic E-state index is 13.6. The zero-order valence-electron chi connectivity index (χ0n) is 16.7. The average molecular weight is 394 g/mol. The number of para-hydroxylation sites is 2. The van der Waals surface area contributed by atoms with Crippen LogP contribution in [0, 0.1) is 6.92 Å². The molecule has 1 amide bonds. The number of aromatic nitrogens is 1. The Kier molecular flexibility index (Phi) is 4.30. The van der Waals surface area contributed by atoms with E-state index in [4.69, 9.17) is 0 Å². The SMILES string of the molecule is Cc1[nH]c2ccccc2c1C1(O)C(=O)N(C/C=C/c2ccccc2)c2ccccc21. The highest BCUT2D eigenvalue weighted by Gasteiger charge is 2.52. The molecule has 2 heterocycles. The van der Waals surface area contributed by atoms with E-state index in [0.29, 0.717) is 17.7 Å². The minimum absolute atomic E-state index is 0.325. The fraction of sp³-hybridized carbons (Fsp3) is 0.115. The molecule has 1 aromatic heterocycles. The Balaban J connectivity index is 1.60. The summed E-state index contributed by atoms with van der Waals surface area (Å²) >= 11 is 0. The molecule has 5 rings (SSSR count). The maximum absolute atomic E-state index is 13.6. The number of amides is 1. The number of fused-ring (bicyclic) bond motifs is 2. The molecule has 0 aliphatic carbocycles. The standard InChI is InChI=1S/C26H22N2O2/c1-18-24(20-13-5-7-15-22(20)27-18)26(30)21-14-6-8-16-23(21)28(25(26)29)17-9-12-19-10-3-2-4-11-19/h2-16,27,30H,17H2,1H3/b12-9+. The third-order valence-electron chi connectivity index (χ3n) is 5.79. The minimum atomic E-state index is -1.72. The van der Waals surface area contributed by atoms with Gasteiger partial charge in [-0.3, -0.25) is 4.79 Å². The largest absolute Gasteiger partial charge is 0.372 e. The van der Waals surface area contributed by atoms with E-state index in [1.165, 1.54) is 0 Å². The van der Waals surface area contributed by atoms with Crippen LogP contribution >= 0.6 is 0 Å². The summed E-state index contributed by atoms with van der Waals surface area (Å²) in [6.45, 7) is 2.29. The van der Waals surface area contributed by atoms with Gasteiger partial charge in [0.25, 0.3) is 5.91 Å². The third kappa shape index (κ3) is 2.69. The lowest BCUT2D eigenvalue weighted by atomic mass is 9.85. The fourth-order valence-electron chi connectivity index (χ4n) is 4.46. The second-order valence-electron chi connectivity index (χ2n) is 7.63. The predicted octanol–water partition coefficient (Wildman–Crippen LogP) is 4.77. The Hall–Kier alpha value is -3.63. The molecule has 3 aromatic carbocycles. The van der Waals surface area contributed by atoms with Gasteiger partial charge in [0.1, 0.15) is 0 Å². The van der Waals surface area contributed by atoms with Crippen molar-refractivity contribution in [2.24, 2.45) is 0 Å². The second-order valence-corrected chi connectivity index (χ2v) is 7.63. The van der Waals surface area contributed by atoms with E-state index in [-0.39, 0.29) is 5.91 Å². The van der Waals surface area contributed by atoms with Crippen molar-refractivity contribution >= 4 is 28.6 Å². The van der Waals surface area contributed by atoms with Crippen LogP contribution in [0.5, 0.6) is 0 Å². The zero-order valence-corrected chi connectivity index (χ0v) is 16.7. The highest BCUT2D eigenvalue weighted by molar-refractivity contribution is 6.11. The van der Waals surface area contributed by atoms with Gasteiger partial charge in [-0.15, -0.1) is 0 Å². The van der Waals surface area contributed by atoms with Crippen LogP contribution in [0.3, 0.4) is 0 Å². The number of anilines is 1. The van der Waals surface area contributed by atoms with Gasteiger partial charge in [-0.05, 0) is 24.6 Å². The van der Waals surface area contributed by atoms with Crippen molar-refractivity contribution < 1.29 is 9.90 Å². The molecule has 1 unspecified atom stereocenters. The van der Waals surface area contributed by atoms with Crippen molar-refractivity contribution in [3.05, 3.63) is 107 Å². The van der Waals surface area contributed by atoms with Crippen molar-refractivity contribution in [3.8, 4) is 0 Å². The monoisotopic (exact) mass is 394 g/mol. The number of nitrogens with one attached hydrogen (secondary N) is 1. The van der Waals surface area contributed by atoms with Gasteiger partial charge in [0.2, 0.25) is 0 Å². The number of carbonyl (C=O) groups is 1. The van der Waals surface area contributed by atoms with Crippen LogP contribution in [0.1, 0.15) is 22.4 Å². The molecule has 1 aliphatic heterocycles. The first-order valence-electron chi connectivity index (χ1n) is 10.0. The summed E-state index contributed by atoms with van der Waals surface area (Å²) < 4.78 is 0. The zero-order chi connectivity index (χ0) is 20.7. The van der Waals surface area contributed by atoms with Crippen molar-refractivity contribution in [1.29, 1.82) is 0 Å². The summed E-state index contributed by atoms with van der Waals surface area (Å²) in [5.41, 5.74) is 3.05. The van der Waals surface area contributed by atoms with E-state index in [1.54, 1.807) is 4.90 Å². The predicted molar refractivity (Wildman–Crippen MR) is 120 cm³/mol. The Morgan fingerprint density at radius 2 is 1.67 bits per heavy atom. The number of aliphatic hydroxyl groups is 1. The van der Waals surface area contributed by atoms with Crippen LogP contribution < -0.4 is 4.90 Å². The van der Waals surface area contributed by atoms with E-state index in [2.05, 4.69) is 4.98 Å². The Labute approximate surface area is 175 Å². The van der Waals surface area contributed by atoms with Crippen LogP contribution in [0.2, 0.25) is 0 Å². The van der Waals surface area contributed by atoms with E-state index in [0.717, 1.165) is 27.8 Å². The van der Waals surface area contributed by atoms with Gasteiger partial charge in [0, 0.05) is 34.3 Å². The van der Waals surface area contributed by atoms with Gasteiger partial charge in [-0.25, -0.2) is 0 Å². The first-order chi connectivity index (χ1) is 14.6. The molecule has 4 aromatic rings. The van der Waals surface area contributed by atoms with Crippen LogP contribution in [-0.4, -0.2) is 22.5 Å². The molecule has 0 spiro atoms. The van der Waals surface area contributed by atoms with E-state index in [9.17, 15) is 9.90 Å². The molecule has 0 saturated heterocycles. The maximum Gasteiger partial charge on any atom is 0.268 e. The quantitative estimate of drug-likeness (QED) is 0.524. The summed E-state index contributed by atoms with van der Waals surface area (Å²) in [6, 6.07) is 25.2. The molecular weight excluding hydrogens is 372 g/mol. The number of H-pyrrole nitrogens is 1. The lowest BCUT2D eigenvalue weighted by Gasteiger charge is -2.23. The molecule has 148 valence electrons. The Morgan fingerprint density at radius 3 is 2.50 bits per heavy atom. The number of hydrogen-bond donors (Lipinski definition) is 2. The van der Waals surface area contributed by atoms with Crippen LogP contribution in [0.15, 0.2) is 84.9 Å². The van der Waals surface area contributed by atoms with E-state index in [1.807, 2.05) is 97.9 Å². The number of rotatable bonds is 4. The lowest BCUT2D eigenvalue weighted by Crippen LogP contribution is -2.41. The number of benzene rings is 3. The van der Waals surface area contributed by atoms with Gasteiger partial charge in [0.15, 0.2) is 5.60 Å². The number of aromatic amines is 1. The van der Waals surface area contributed by atoms with Crippen LogP contribution in [0.4, 0.5) is 5.69 Å². The Bertz CT molecular complexity index is 1270. The fourth-order valence-corrected chi connectivity index (χ4v) is 4.46. The molecule has 0 fully saturated rings. The minimum Gasteiger partial charge on any atom is -0.372 e. The van der Waals surface area contributed by atoms with Gasteiger partial charge in [-0.2, -0.15) is 0 Å². The summed E-state index contributed by atoms with van der Waals surface area (Å²) in [6.07, 6.45) is 3.95. The van der Waals surface area contributed by atoms with Crippen molar-refractivity contribution in [2.75, 3.05) is 11.4 Å². The van der Waals surface area contributed by atoms with Crippen LogP contribution in [-0.2, 0) is 10.4 Å². The molecule has 0 radical (unpaired) electrons. The summed E-state index contributed by atoms with van der Waals surface area (Å²) in [4.78, 5) is 18.6. The molecule has 4 heteroatoms. The van der Waals surface area contributed by atoms with Gasteiger partial charge < -0.3 is 15.0 Å². The van der Waals surface area contributed by atoms with E-state index >= 15 is 0 Å². The van der Waals surface area contributed by atoms with Gasteiger partial charge in [0.05, 0.1) is 5.69 Å². The molecule has 4 nitrogen and oxygen atoms in total. The molecule has 0 bridgehead atoms. The topological polar surface area (TPSA) is 56.3 Å². The Morgan fingerprint density at radius 1 is 0.967 bits per heavy atom. The second kappa shape index (κ2) is 7.01. The summed E-state index contributed by atoms with van der Waals surface area (Å²) in [7, 11) is 0. The van der Waals surface area contributed by atoms with E-state index < -0.39 is 5.60 Å². The smallest absolute Gasteiger partial charge is 0.268 e. The lowest BCUT2D eigenvalue weighted by molar-refractivity contribution is -0.132. The molecular formula is C26H22N2O2. The van der Waals surface area contributed by atoms with Gasteiger partial charge in [-0.1, -0.05) is 78.9 Å². The molecule has 0 saturated carbocycles. The first-order valence-corrected chi connectivity index (χ1v) is 10.0. The summed E-state index contributed by atoms with van der Waals surface area (Å²) in [5.74, 6) is -0.325. The van der Waals surface area contributed by atoms with Crippen molar-refractivity contribution in [3.63, 3.8) is 0 Å². The molecule has 2 N–H and O–H groups in total. The normalized spacial score (nSPS) is 18.5. The number of aryl methyl sites for hydroxylation is 1. The first kappa shape index (κ1) is 18.4.